The highest BCUT2D eigenvalue weighted by Crippen LogP contribution is 2.36. The molecule has 10 rings (SSSR count). The molecule has 2 aromatic heterocycles. The Labute approximate surface area is 375 Å². The van der Waals surface area contributed by atoms with Crippen molar-refractivity contribution in [2.45, 2.75) is 44.2 Å². The van der Waals surface area contributed by atoms with E-state index in [9.17, 15) is 24.0 Å². The van der Waals surface area contributed by atoms with Crippen LogP contribution in [0, 0.1) is 0 Å². The van der Waals surface area contributed by atoms with Crippen molar-refractivity contribution in [1.29, 1.82) is 0 Å². The van der Waals surface area contributed by atoms with Crippen LogP contribution in [0.1, 0.15) is 58.9 Å². The van der Waals surface area contributed by atoms with Crippen LogP contribution in [0.15, 0.2) is 79.1 Å². The first-order valence-corrected chi connectivity index (χ1v) is 22.6. The highest BCUT2D eigenvalue weighted by Gasteiger charge is 2.45. The van der Waals surface area contributed by atoms with Gasteiger partial charge in [0.1, 0.15) is 35.4 Å². The molecule has 0 aliphatic carbocycles. The number of nitrogens with one attached hydrogen (secondary N) is 1. The van der Waals surface area contributed by atoms with Gasteiger partial charge in [0.2, 0.25) is 11.8 Å². The maximum atomic E-state index is 14.0. The van der Waals surface area contributed by atoms with Crippen molar-refractivity contribution in [2.24, 2.45) is 0 Å². The molecule has 18 nitrogen and oxygen atoms in total. The fraction of sp³-hybridized carbons (Fsp3) is 0.404. The number of piperazine rings is 2. The molecule has 336 valence electrons. The standard InChI is InChI=1S/C47H52N12O6/c48-42-40-41(31-9-12-35(13-10-31)65-34-7-2-1-3-8-34)52-59(43(40)50-30-49-42)33-6-4-19-57(29-33)47(64)56-26-22-54(23-27-56)18-5-17-53-20-24-55(25-21-53)32-11-14-36-37(28-32)46(63)58(45(36)62)38-15-16-39(60)51-44(38)61/h1-3,7-14,28,30,33,38H,4-6,15-27,29H2,(H2,48,49,50)(H,51,60,61). The van der Waals surface area contributed by atoms with E-state index < -0.39 is 29.7 Å². The minimum absolute atomic E-state index is 0.0665. The van der Waals surface area contributed by atoms with Gasteiger partial charge in [-0.1, -0.05) is 18.2 Å². The first kappa shape index (κ1) is 42.1. The first-order chi connectivity index (χ1) is 31.7. The molecule has 4 saturated heterocycles. The second-order valence-electron chi connectivity index (χ2n) is 17.4. The third kappa shape index (κ3) is 8.46. The van der Waals surface area contributed by atoms with Crippen molar-refractivity contribution in [1.82, 2.24) is 49.6 Å². The molecule has 0 spiro atoms. The molecule has 18 heteroatoms. The van der Waals surface area contributed by atoms with Crippen molar-refractivity contribution < 1.29 is 28.7 Å². The molecule has 3 N–H and O–H groups in total. The minimum atomic E-state index is -0.979. The number of rotatable bonds is 10. The average molecular weight is 881 g/mol. The summed E-state index contributed by atoms with van der Waals surface area (Å²) in [6.07, 6.45) is 4.43. The lowest BCUT2D eigenvalue weighted by Crippen LogP contribution is -2.54. The molecule has 7 heterocycles. The summed E-state index contributed by atoms with van der Waals surface area (Å²) in [6.45, 7) is 9.50. The number of para-hydroxylation sites is 1. The Bertz CT molecular complexity index is 2620. The summed E-state index contributed by atoms with van der Waals surface area (Å²) in [6, 6.07) is 21.7. The van der Waals surface area contributed by atoms with Crippen molar-refractivity contribution in [3.05, 3.63) is 90.3 Å². The van der Waals surface area contributed by atoms with Crippen LogP contribution in [0.2, 0.25) is 0 Å². The monoisotopic (exact) mass is 880 g/mol. The number of anilines is 2. The Balaban J connectivity index is 0.686. The second-order valence-corrected chi connectivity index (χ2v) is 17.4. The Kier molecular flexibility index (Phi) is 11.6. The van der Waals surface area contributed by atoms with Gasteiger partial charge in [-0.05, 0) is 93.4 Å². The first-order valence-electron chi connectivity index (χ1n) is 22.6. The molecule has 5 aliphatic heterocycles. The largest absolute Gasteiger partial charge is 0.457 e. The summed E-state index contributed by atoms with van der Waals surface area (Å²) < 4.78 is 7.94. The molecule has 5 aromatic rings. The number of nitrogens with two attached hydrogens (primary N) is 1. The predicted octanol–water partition coefficient (Wildman–Crippen LogP) is 3.86. The summed E-state index contributed by atoms with van der Waals surface area (Å²) in [5, 5.41) is 8.02. The van der Waals surface area contributed by atoms with Gasteiger partial charge in [0.25, 0.3) is 11.8 Å². The number of carbonyl (C=O) groups is 5. The van der Waals surface area contributed by atoms with E-state index in [0.29, 0.717) is 60.0 Å². The van der Waals surface area contributed by atoms with Gasteiger partial charge < -0.3 is 25.2 Å². The van der Waals surface area contributed by atoms with Crippen molar-refractivity contribution in [3.8, 4) is 22.8 Å². The van der Waals surface area contributed by atoms with E-state index in [2.05, 4.69) is 30.0 Å². The van der Waals surface area contributed by atoms with E-state index in [1.165, 1.54) is 6.33 Å². The third-order valence-electron chi connectivity index (χ3n) is 13.4. The average Bonchev–Trinajstić information content (AvgIpc) is 3.85. The van der Waals surface area contributed by atoms with Crippen LogP contribution in [0.3, 0.4) is 0 Å². The number of benzene rings is 3. The van der Waals surface area contributed by atoms with E-state index in [0.717, 1.165) is 93.5 Å². The maximum absolute atomic E-state index is 14.0. The Morgan fingerprint density at radius 3 is 2.20 bits per heavy atom. The number of urea groups is 1. The lowest BCUT2D eigenvalue weighted by atomic mass is 10.0. The number of likely N-dealkylation sites (tertiary alicyclic amines) is 1. The van der Waals surface area contributed by atoms with Gasteiger partial charge in [-0.25, -0.2) is 19.4 Å². The molecule has 2 atom stereocenters. The van der Waals surface area contributed by atoms with Gasteiger partial charge >= 0.3 is 6.03 Å². The fourth-order valence-corrected chi connectivity index (χ4v) is 9.85. The zero-order valence-electron chi connectivity index (χ0n) is 36.2. The number of carbonyl (C=O) groups excluding carboxylic acids is 5. The van der Waals surface area contributed by atoms with Crippen LogP contribution in [0.4, 0.5) is 16.3 Å². The van der Waals surface area contributed by atoms with Gasteiger partial charge in [0.15, 0.2) is 5.65 Å². The molecule has 0 radical (unpaired) electrons. The molecule has 5 aliphatic rings. The Morgan fingerprint density at radius 2 is 1.46 bits per heavy atom. The van der Waals surface area contributed by atoms with E-state index in [1.807, 2.05) is 75.1 Å². The van der Waals surface area contributed by atoms with Crippen molar-refractivity contribution in [2.75, 3.05) is 89.2 Å². The SMILES string of the molecule is Nc1ncnc2c1c(-c1ccc(Oc3ccccc3)cc1)nn2C1CCCN(C(=O)N2CCN(CCCN3CCN(c4ccc5c(c4)C(=O)N(C4CCC(=O)NC4=O)C5=O)CC3)CC2)C1. The maximum Gasteiger partial charge on any atom is 0.320 e. The van der Waals surface area contributed by atoms with Crippen LogP contribution in [-0.4, -0.2) is 158 Å². The lowest BCUT2D eigenvalue weighted by molar-refractivity contribution is -0.136. The fourth-order valence-electron chi connectivity index (χ4n) is 9.85. The summed E-state index contributed by atoms with van der Waals surface area (Å²) >= 11 is 0. The van der Waals surface area contributed by atoms with Crippen LogP contribution in [0.25, 0.3) is 22.3 Å². The van der Waals surface area contributed by atoms with Crippen molar-refractivity contribution >= 4 is 52.2 Å². The van der Waals surface area contributed by atoms with E-state index in [4.69, 9.17) is 15.6 Å². The number of hydrogen-bond donors (Lipinski definition) is 2. The minimum Gasteiger partial charge on any atom is -0.457 e. The highest BCUT2D eigenvalue weighted by atomic mass is 16.5. The molecule has 0 bridgehead atoms. The molecule has 4 fully saturated rings. The van der Waals surface area contributed by atoms with Crippen LogP contribution in [0.5, 0.6) is 11.5 Å². The van der Waals surface area contributed by atoms with Gasteiger partial charge in [-0.15, -0.1) is 0 Å². The number of imide groups is 2. The Hall–Kier alpha value is -6.92. The van der Waals surface area contributed by atoms with Gasteiger partial charge in [-0.3, -0.25) is 39.2 Å². The second kappa shape index (κ2) is 17.9. The van der Waals surface area contributed by atoms with Crippen molar-refractivity contribution in [3.63, 3.8) is 0 Å². The zero-order valence-corrected chi connectivity index (χ0v) is 36.2. The lowest BCUT2D eigenvalue weighted by Gasteiger charge is -2.40. The summed E-state index contributed by atoms with van der Waals surface area (Å²) in [4.78, 5) is 85.6. The predicted molar refractivity (Wildman–Crippen MR) is 241 cm³/mol. The molecular weight excluding hydrogens is 829 g/mol. The molecule has 3 aromatic carbocycles. The van der Waals surface area contributed by atoms with Crippen LogP contribution >= 0.6 is 0 Å². The van der Waals surface area contributed by atoms with Crippen LogP contribution < -0.4 is 20.7 Å². The summed E-state index contributed by atoms with van der Waals surface area (Å²) in [7, 11) is 0. The molecule has 6 amide bonds. The molecule has 65 heavy (non-hydrogen) atoms. The number of hydrogen-bond acceptors (Lipinski definition) is 13. The number of piperidine rings is 2. The normalized spacial score (nSPS) is 21.0. The number of nitrogens with zero attached hydrogens (tertiary/aromatic N) is 10. The van der Waals surface area contributed by atoms with Gasteiger partial charge in [0.05, 0.1) is 22.6 Å². The summed E-state index contributed by atoms with van der Waals surface area (Å²) in [5.74, 6) is -0.162. The van der Waals surface area contributed by atoms with Gasteiger partial charge in [0, 0.05) is 83.1 Å². The van der Waals surface area contributed by atoms with E-state index >= 15 is 0 Å². The quantitative estimate of drug-likeness (QED) is 0.192. The molecular formula is C47H52N12O6. The number of aromatic nitrogens is 4. The van der Waals surface area contributed by atoms with E-state index in [1.54, 1.807) is 12.1 Å². The number of ether oxygens (including phenoxy) is 1. The van der Waals surface area contributed by atoms with E-state index in [-0.39, 0.29) is 30.5 Å². The topological polar surface area (TPSA) is 196 Å². The smallest absolute Gasteiger partial charge is 0.320 e. The number of nitrogen functional groups attached to an aromatic ring is 1. The van der Waals surface area contributed by atoms with Gasteiger partial charge in [-0.2, -0.15) is 5.10 Å². The highest BCUT2D eigenvalue weighted by molar-refractivity contribution is 6.23. The summed E-state index contributed by atoms with van der Waals surface area (Å²) in [5.41, 5.74) is 10.1. The third-order valence-corrected chi connectivity index (χ3v) is 13.4. The van der Waals surface area contributed by atoms with Crippen LogP contribution in [-0.2, 0) is 9.59 Å². The number of fused-ring (bicyclic) bond motifs is 2. The zero-order chi connectivity index (χ0) is 44.6. The molecule has 0 saturated carbocycles. The number of amides is 6. The molecule has 2 unspecified atom stereocenters. The Morgan fingerprint density at radius 1 is 0.754 bits per heavy atom.